The summed E-state index contributed by atoms with van der Waals surface area (Å²) in [7, 11) is 0. The molecule has 10 nitrogen and oxygen atoms in total. The van der Waals surface area contributed by atoms with Gasteiger partial charge in [-0.15, -0.1) is 16.9 Å². The number of nitrogens with zero attached hydrogens (tertiary/aromatic N) is 4. The van der Waals surface area contributed by atoms with Crippen molar-refractivity contribution in [2.45, 2.75) is 66.7 Å². The van der Waals surface area contributed by atoms with Gasteiger partial charge < -0.3 is 20.6 Å². The Balaban J connectivity index is 1.47. The van der Waals surface area contributed by atoms with E-state index in [-0.39, 0.29) is 41.1 Å². The number of halogens is 1. The molecule has 3 aliphatic heterocycles. The van der Waals surface area contributed by atoms with Crippen LogP contribution < -0.4 is 10.6 Å². The van der Waals surface area contributed by atoms with E-state index in [4.69, 9.17) is 0 Å². The molecule has 12 heteroatoms. The number of para-hydroxylation sites is 1. The first kappa shape index (κ1) is 25.5. The monoisotopic (exact) mass is 578 g/mol. The molecule has 1 aromatic carbocycles. The van der Waals surface area contributed by atoms with Crippen molar-refractivity contribution in [3.63, 3.8) is 0 Å². The summed E-state index contributed by atoms with van der Waals surface area (Å²) in [4.78, 5) is 42.6. The van der Waals surface area contributed by atoms with Crippen LogP contribution in [0.25, 0.3) is 11.0 Å². The number of amides is 3. The third-order valence-electron chi connectivity index (χ3n) is 7.73. The van der Waals surface area contributed by atoms with E-state index in [1.807, 2.05) is 38.1 Å². The van der Waals surface area contributed by atoms with E-state index in [0.717, 1.165) is 17.5 Å². The highest BCUT2D eigenvalue weighted by Crippen LogP contribution is 2.68. The van der Waals surface area contributed by atoms with Crippen LogP contribution in [-0.2, 0) is 21.1 Å². The zero-order chi connectivity index (χ0) is 25.6. The zero-order valence-electron chi connectivity index (χ0n) is 20.3. The van der Waals surface area contributed by atoms with Crippen LogP contribution in [0.5, 0.6) is 0 Å². The fourth-order valence-electron chi connectivity index (χ4n) is 6.12. The highest BCUT2D eigenvalue weighted by atomic mass is 79.9. The molecule has 0 aliphatic carbocycles. The molecule has 36 heavy (non-hydrogen) atoms. The number of benzene rings is 1. The summed E-state index contributed by atoms with van der Waals surface area (Å²) in [5.41, 5.74) is 1.52. The average Bonchev–Trinajstić information content (AvgIpc) is 3.59. The Morgan fingerprint density at radius 3 is 2.78 bits per heavy atom. The Morgan fingerprint density at radius 2 is 2.06 bits per heavy atom. The Labute approximate surface area is 222 Å². The first-order chi connectivity index (χ1) is 17.4. The van der Waals surface area contributed by atoms with Gasteiger partial charge in [0.25, 0.3) is 0 Å². The molecule has 1 aromatic heterocycles. The lowest BCUT2D eigenvalue weighted by molar-refractivity contribution is -0.142. The van der Waals surface area contributed by atoms with Crippen molar-refractivity contribution in [3.05, 3.63) is 24.3 Å². The van der Waals surface area contributed by atoms with Gasteiger partial charge in [0.2, 0.25) is 17.7 Å². The first-order valence-electron chi connectivity index (χ1n) is 12.5. The maximum Gasteiger partial charge on any atom is 0.245 e. The summed E-state index contributed by atoms with van der Waals surface area (Å²) in [6.07, 6.45) is 1.90. The maximum absolute atomic E-state index is 13.9. The molecule has 0 radical (unpaired) electrons. The van der Waals surface area contributed by atoms with Crippen LogP contribution in [0, 0.1) is 11.8 Å². The van der Waals surface area contributed by atoms with Gasteiger partial charge in [-0.1, -0.05) is 47.1 Å². The Hall–Kier alpha value is -2.18. The minimum absolute atomic E-state index is 0.00707. The smallest absolute Gasteiger partial charge is 0.245 e. The number of likely N-dealkylation sites (tertiary alicyclic amines) is 1. The van der Waals surface area contributed by atoms with Gasteiger partial charge in [0.1, 0.15) is 18.2 Å². The summed E-state index contributed by atoms with van der Waals surface area (Å²) >= 11 is 5.34. The quantitative estimate of drug-likeness (QED) is 0.382. The van der Waals surface area contributed by atoms with Crippen molar-refractivity contribution in [2.75, 3.05) is 13.2 Å². The van der Waals surface area contributed by atoms with Gasteiger partial charge >= 0.3 is 0 Å². The van der Waals surface area contributed by atoms with Crippen LogP contribution in [0.1, 0.15) is 33.1 Å². The molecule has 3 fully saturated rings. The molecule has 194 valence electrons. The molecule has 3 unspecified atom stereocenters. The van der Waals surface area contributed by atoms with Crippen LogP contribution >= 0.6 is 27.7 Å². The van der Waals surface area contributed by atoms with Gasteiger partial charge in [0.05, 0.1) is 34.7 Å². The highest BCUT2D eigenvalue weighted by molar-refractivity contribution is 9.09. The molecule has 5 rings (SSSR count). The van der Waals surface area contributed by atoms with Gasteiger partial charge in [-0.2, -0.15) is 0 Å². The van der Waals surface area contributed by atoms with Crippen molar-refractivity contribution in [2.24, 2.45) is 11.8 Å². The number of aromatic nitrogens is 3. The van der Waals surface area contributed by atoms with Gasteiger partial charge in [0.15, 0.2) is 0 Å². The number of nitrogens with one attached hydrogen (secondary N) is 2. The van der Waals surface area contributed by atoms with Crippen molar-refractivity contribution in [3.8, 4) is 0 Å². The standard InChI is InChI=1S/C24H31BrN6O4S/c1-3-9-26-21(33)17-18-23(35)31(13(4-2)11-32)20(24(18)10-14(25)19(17)36-24)22(34)27-12-30-16-8-6-5-7-15(16)28-29-30/h5-8,13-14,17-20,32H,3-4,9-12H2,1-2H3,(H,26,33)(H,27,34)/t13-,14?,17+,18-,19+,20?,24?/m0/s1. The lowest BCUT2D eigenvalue weighted by Crippen LogP contribution is -2.57. The number of aliphatic hydroxyl groups is 1. The van der Waals surface area contributed by atoms with Crippen LogP contribution in [0.3, 0.4) is 0 Å². The molecule has 0 saturated carbocycles. The van der Waals surface area contributed by atoms with Crippen LogP contribution in [-0.4, -0.2) is 82.8 Å². The minimum Gasteiger partial charge on any atom is -0.394 e. The fourth-order valence-corrected chi connectivity index (χ4v) is 9.72. The molecule has 7 atom stereocenters. The van der Waals surface area contributed by atoms with Crippen molar-refractivity contribution in [1.82, 2.24) is 30.5 Å². The summed E-state index contributed by atoms with van der Waals surface area (Å²) in [6, 6.07) is 6.17. The van der Waals surface area contributed by atoms with E-state index >= 15 is 0 Å². The maximum atomic E-state index is 13.9. The molecule has 2 bridgehead atoms. The number of aliphatic hydroxyl groups excluding tert-OH is 1. The lowest BCUT2D eigenvalue weighted by atomic mass is 9.70. The number of hydrogen-bond donors (Lipinski definition) is 3. The third-order valence-corrected chi connectivity index (χ3v) is 10.9. The molecule has 3 N–H and O–H groups in total. The second-order valence-corrected chi connectivity index (χ2v) is 12.4. The zero-order valence-corrected chi connectivity index (χ0v) is 22.7. The summed E-state index contributed by atoms with van der Waals surface area (Å²) in [6.45, 7) is 4.27. The summed E-state index contributed by atoms with van der Waals surface area (Å²) < 4.78 is 0.863. The Bertz CT molecular complexity index is 1170. The molecule has 3 amide bonds. The number of fused-ring (bicyclic) bond motifs is 2. The molecule has 1 spiro atoms. The average molecular weight is 580 g/mol. The van der Waals surface area contributed by atoms with Crippen molar-refractivity contribution >= 4 is 56.4 Å². The third kappa shape index (κ3) is 3.83. The van der Waals surface area contributed by atoms with Crippen molar-refractivity contribution < 1.29 is 19.5 Å². The number of rotatable bonds is 9. The van der Waals surface area contributed by atoms with E-state index in [1.54, 1.807) is 21.3 Å². The van der Waals surface area contributed by atoms with E-state index in [9.17, 15) is 19.5 Å². The predicted octanol–water partition coefficient (Wildman–Crippen LogP) is 1.27. The number of carbonyl (C=O) groups is 3. The van der Waals surface area contributed by atoms with Gasteiger partial charge in [-0.05, 0) is 31.4 Å². The number of carbonyl (C=O) groups excluding carboxylic acids is 3. The molecule has 2 aromatic rings. The van der Waals surface area contributed by atoms with E-state index < -0.39 is 28.7 Å². The number of alkyl halides is 1. The van der Waals surface area contributed by atoms with E-state index in [2.05, 4.69) is 36.9 Å². The molecular weight excluding hydrogens is 548 g/mol. The summed E-state index contributed by atoms with van der Waals surface area (Å²) in [5.74, 6) is -1.79. The number of thioether (sulfide) groups is 1. The first-order valence-corrected chi connectivity index (χ1v) is 14.3. The van der Waals surface area contributed by atoms with Crippen molar-refractivity contribution in [1.29, 1.82) is 0 Å². The Morgan fingerprint density at radius 1 is 1.28 bits per heavy atom. The largest absolute Gasteiger partial charge is 0.394 e. The van der Waals surface area contributed by atoms with Crippen LogP contribution in [0.15, 0.2) is 24.3 Å². The predicted molar refractivity (Wildman–Crippen MR) is 139 cm³/mol. The van der Waals surface area contributed by atoms with Gasteiger partial charge in [-0.25, -0.2) is 4.68 Å². The molecule has 3 aliphatic rings. The Kier molecular flexibility index (Phi) is 7.03. The van der Waals surface area contributed by atoms with Crippen LogP contribution in [0.4, 0.5) is 0 Å². The molecule has 4 heterocycles. The second-order valence-electron chi connectivity index (χ2n) is 9.72. The molecule has 3 saturated heterocycles. The van der Waals surface area contributed by atoms with E-state index in [1.165, 1.54) is 0 Å². The SMILES string of the molecule is CCCNC(=O)[C@H]1[C@@H]2SC3(CC2Br)C(C(=O)NCn2nnc4ccccc42)N([C@@H](CC)CO)C(=O)[C@H]13. The normalized spacial score (nSPS) is 31.6. The van der Waals surface area contributed by atoms with Crippen LogP contribution in [0.2, 0.25) is 0 Å². The van der Waals surface area contributed by atoms with E-state index in [0.29, 0.717) is 19.4 Å². The minimum atomic E-state index is -0.805. The fraction of sp³-hybridized carbons (Fsp3) is 0.625. The second kappa shape index (κ2) is 9.94. The topological polar surface area (TPSA) is 129 Å². The highest BCUT2D eigenvalue weighted by Gasteiger charge is 2.76. The van der Waals surface area contributed by atoms with Gasteiger partial charge in [0, 0.05) is 16.6 Å². The molecular formula is C24H31BrN6O4S. The number of hydrogen-bond acceptors (Lipinski definition) is 7. The lowest BCUT2D eigenvalue weighted by Gasteiger charge is -2.37. The summed E-state index contributed by atoms with van der Waals surface area (Å²) in [5, 5.41) is 24.3. The van der Waals surface area contributed by atoms with Gasteiger partial charge in [-0.3, -0.25) is 14.4 Å².